The molecule has 1 amide bonds. The lowest BCUT2D eigenvalue weighted by Gasteiger charge is -2.31. The lowest BCUT2D eigenvalue weighted by Crippen LogP contribution is -2.40. The molecule has 5 nitrogen and oxygen atoms in total. The van der Waals surface area contributed by atoms with Crippen molar-refractivity contribution in [3.63, 3.8) is 0 Å². The van der Waals surface area contributed by atoms with Crippen molar-refractivity contribution in [2.45, 2.75) is 39.2 Å². The Hall–Kier alpha value is -2.56. The number of nitrogens with zero attached hydrogens (tertiary/aromatic N) is 2. The first-order valence-electron chi connectivity index (χ1n) is 8.67. The van der Waals surface area contributed by atoms with E-state index in [2.05, 4.69) is 40.5 Å². The summed E-state index contributed by atoms with van der Waals surface area (Å²) >= 11 is 0. The van der Waals surface area contributed by atoms with E-state index >= 15 is 0 Å². The predicted molar refractivity (Wildman–Crippen MR) is 99.0 cm³/mol. The van der Waals surface area contributed by atoms with Gasteiger partial charge in [0.25, 0.3) is 0 Å². The molecular weight excluding hydrogens is 314 g/mol. The molecule has 0 aliphatic carbocycles. The van der Waals surface area contributed by atoms with E-state index in [1.807, 2.05) is 33.2 Å². The lowest BCUT2D eigenvalue weighted by atomic mass is 9.99. The van der Waals surface area contributed by atoms with Gasteiger partial charge in [-0.25, -0.2) is 4.79 Å². The van der Waals surface area contributed by atoms with Gasteiger partial charge in [-0.1, -0.05) is 29.8 Å². The number of hydrogen-bond donors (Lipinski definition) is 1. The van der Waals surface area contributed by atoms with Gasteiger partial charge in [-0.15, -0.1) is 0 Å². The smallest absolute Gasteiger partial charge is 0.410 e. The minimum absolute atomic E-state index is 0.214. The normalized spacial score (nSPS) is 15.2. The van der Waals surface area contributed by atoms with Gasteiger partial charge in [0.1, 0.15) is 5.60 Å². The van der Waals surface area contributed by atoms with Gasteiger partial charge in [0.15, 0.2) is 0 Å². The first-order valence-corrected chi connectivity index (χ1v) is 8.67. The van der Waals surface area contributed by atoms with Crippen LogP contribution in [0.1, 0.15) is 39.2 Å². The molecule has 2 heterocycles. The molecule has 0 atom stereocenters. The van der Waals surface area contributed by atoms with E-state index in [-0.39, 0.29) is 6.09 Å². The van der Waals surface area contributed by atoms with Crippen molar-refractivity contribution in [2.24, 2.45) is 0 Å². The fourth-order valence-corrected chi connectivity index (χ4v) is 2.90. The molecule has 0 unspecified atom stereocenters. The number of nitrogens with one attached hydrogen (secondary N) is 1. The van der Waals surface area contributed by atoms with Gasteiger partial charge < -0.3 is 9.64 Å². The first-order chi connectivity index (χ1) is 11.9. The van der Waals surface area contributed by atoms with Crippen LogP contribution in [0.5, 0.6) is 0 Å². The van der Waals surface area contributed by atoms with Gasteiger partial charge in [-0.2, -0.15) is 5.10 Å². The maximum atomic E-state index is 12.1. The summed E-state index contributed by atoms with van der Waals surface area (Å²) in [6, 6.07) is 8.41. The highest BCUT2D eigenvalue weighted by molar-refractivity contribution is 5.69. The summed E-state index contributed by atoms with van der Waals surface area (Å²) in [6.07, 6.45) is 7.51. The summed E-state index contributed by atoms with van der Waals surface area (Å²) in [6.45, 7) is 7.11. The quantitative estimate of drug-likeness (QED) is 0.877. The van der Waals surface area contributed by atoms with Crippen LogP contribution in [0.3, 0.4) is 0 Å². The molecule has 2 aromatic rings. The summed E-state index contributed by atoms with van der Waals surface area (Å²) in [5.41, 5.74) is 4.33. The molecule has 1 aliphatic rings. The van der Waals surface area contributed by atoms with Gasteiger partial charge >= 0.3 is 6.09 Å². The van der Waals surface area contributed by atoms with Crippen LogP contribution < -0.4 is 0 Å². The zero-order valence-electron chi connectivity index (χ0n) is 15.1. The van der Waals surface area contributed by atoms with Gasteiger partial charge in [-0.05, 0) is 50.8 Å². The number of hydrogen-bond acceptors (Lipinski definition) is 3. The molecule has 1 N–H and O–H groups in total. The SMILES string of the molecule is CC(C)(C)OC(=O)N1CCC(=Cc2cccc(-c3cn[nH]c3)c2)CC1. The third-order valence-corrected chi connectivity index (χ3v) is 4.15. The van der Waals surface area contributed by atoms with Crippen molar-refractivity contribution in [1.82, 2.24) is 15.1 Å². The highest BCUT2D eigenvalue weighted by atomic mass is 16.6. The topological polar surface area (TPSA) is 58.2 Å². The molecule has 0 bridgehead atoms. The second-order valence-corrected chi connectivity index (χ2v) is 7.38. The van der Waals surface area contributed by atoms with Crippen LogP contribution >= 0.6 is 0 Å². The van der Waals surface area contributed by atoms with Crippen molar-refractivity contribution in [3.05, 3.63) is 47.8 Å². The number of carbonyl (C=O) groups excluding carboxylic acids is 1. The summed E-state index contributed by atoms with van der Waals surface area (Å²) in [7, 11) is 0. The fraction of sp³-hybridized carbons (Fsp3) is 0.400. The number of piperidine rings is 1. The molecule has 1 aromatic carbocycles. The molecule has 3 rings (SSSR count). The fourth-order valence-electron chi connectivity index (χ4n) is 2.90. The van der Waals surface area contributed by atoms with Crippen molar-refractivity contribution >= 4 is 12.2 Å². The number of carbonyl (C=O) groups is 1. The molecule has 1 fully saturated rings. The van der Waals surface area contributed by atoms with E-state index in [1.54, 1.807) is 4.90 Å². The second-order valence-electron chi connectivity index (χ2n) is 7.38. The van der Waals surface area contributed by atoms with Gasteiger partial charge in [0.2, 0.25) is 0 Å². The molecule has 25 heavy (non-hydrogen) atoms. The molecule has 1 aliphatic heterocycles. The van der Waals surface area contributed by atoms with Crippen LogP contribution in [-0.2, 0) is 4.74 Å². The molecule has 5 heteroatoms. The Morgan fingerprint density at radius 3 is 2.64 bits per heavy atom. The molecule has 1 saturated heterocycles. The summed E-state index contributed by atoms with van der Waals surface area (Å²) in [5, 5.41) is 6.85. The number of H-pyrrole nitrogens is 1. The summed E-state index contributed by atoms with van der Waals surface area (Å²) in [5.74, 6) is 0. The largest absolute Gasteiger partial charge is 0.444 e. The first kappa shape index (κ1) is 17.3. The highest BCUT2D eigenvalue weighted by Gasteiger charge is 2.24. The average molecular weight is 339 g/mol. The Morgan fingerprint density at radius 2 is 2.00 bits per heavy atom. The molecule has 0 radical (unpaired) electrons. The van der Waals surface area contributed by atoms with Crippen LogP contribution in [-0.4, -0.2) is 39.9 Å². The average Bonchev–Trinajstić information content (AvgIpc) is 3.09. The minimum Gasteiger partial charge on any atom is -0.444 e. The minimum atomic E-state index is -0.444. The Labute approximate surface area is 148 Å². The van der Waals surface area contributed by atoms with E-state index in [9.17, 15) is 4.79 Å². The van der Waals surface area contributed by atoms with Crippen molar-refractivity contribution in [1.29, 1.82) is 0 Å². The van der Waals surface area contributed by atoms with Gasteiger partial charge in [0.05, 0.1) is 6.20 Å². The Bertz CT molecular complexity index is 747. The standard InChI is InChI=1S/C20H25N3O2/c1-20(2,3)25-19(24)23-9-7-15(8-10-23)11-16-5-4-6-17(12-16)18-13-21-22-14-18/h4-6,11-14H,7-10H2,1-3H3,(H,21,22). The molecule has 0 saturated carbocycles. The number of ether oxygens (including phenoxy) is 1. The van der Waals surface area contributed by atoms with E-state index in [1.165, 1.54) is 11.1 Å². The highest BCUT2D eigenvalue weighted by Crippen LogP contribution is 2.24. The van der Waals surface area contributed by atoms with Crippen LogP contribution in [0, 0.1) is 0 Å². The van der Waals surface area contributed by atoms with E-state index in [0.717, 1.165) is 24.0 Å². The van der Waals surface area contributed by atoms with Crippen LogP contribution in [0.25, 0.3) is 17.2 Å². The number of aromatic nitrogens is 2. The Kier molecular flexibility index (Phi) is 4.93. The Morgan fingerprint density at radius 1 is 1.24 bits per heavy atom. The third-order valence-electron chi connectivity index (χ3n) is 4.15. The van der Waals surface area contributed by atoms with Crippen LogP contribution in [0.2, 0.25) is 0 Å². The molecule has 1 aromatic heterocycles. The zero-order valence-corrected chi connectivity index (χ0v) is 15.1. The monoisotopic (exact) mass is 339 g/mol. The van der Waals surface area contributed by atoms with Crippen molar-refractivity contribution < 1.29 is 9.53 Å². The zero-order chi connectivity index (χ0) is 17.9. The second kappa shape index (κ2) is 7.13. The van der Waals surface area contributed by atoms with E-state index in [4.69, 9.17) is 4.74 Å². The van der Waals surface area contributed by atoms with Crippen molar-refractivity contribution in [2.75, 3.05) is 13.1 Å². The summed E-state index contributed by atoms with van der Waals surface area (Å²) < 4.78 is 5.45. The number of benzene rings is 1. The maximum absolute atomic E-state index is 12.1. The lowest BCUT2D eigenvalue weighted by molar-refractivity contribution is 0.0237. The number of rotatable bonds is 2. The molecule has 132 valence electrons. The van der Waals surface area contributed by atoms with Gasteiger partial charge in [0, 0.05) is 24.8 Å². The van der Waals surface area contributed by atoms with Crippen LogP contribution in [0.15, 0.2) is 42.2 Å². The molecule has 0 spiro atoms. The predicted octanol–water partition coefficient (Wildman–Crippen LogP) is 4.49. The number of aromatic amines is 1. The number of amides is 1. The van der Waals surface area contributed by atoms with Gasteiger partial charge in [-0.3, -0.25) is 5.10 Å². The van der Waals surface area contributed by atoms with E-state index in [0.29, 0.717) is 13.1 Å². The number of likely N-dealkylation sites (tertiary alicyclic amines) is 1. The van der Waals surface area contributed by atoms with Crippen LogP contribution in [0.4, 0.5) is 4.79 Å². The van der Waals surface area contributed by atoms with E-state index < -0.39 is 5.60 Å². The maximum Gasteiger partial charge on any atom is 0.410 e. The van der Waals surface area contributed by atoms with Crippen molar-refractivity contribution in [3.8, 4) is 11.1 Å². The molecular formula is C20H25N3O2. The summed E-state index contributed by atoms with van der Waals surface area (Å²) in [4.78, 5) is 13.9. The Balaban J connectivity index is 1.63. The third kappa shape index (κ3) is 4.72.